The van der Waals surface area contributed by atoms with Crippen molar-refractivity contribution in [3.05, 3.63) is 0 Å². The molecule has 0 aromatic heterocycles. The zero-order valence-corrected chi connectivity index (χ0v) is 12.9. The minimum atomic E-state index is 0.0250. The summed E-state index contributed by atoms with van der Waals surface area (Å²) in [5, 5.41) is 5.64. The number of unbranched alkanes of at least 4 members (excludes halogenated alkanes) is 4. The van der Waals surface area contributed by atoms with E-state index >= 15 is 0 Å². The van der Waals surface area contributed by atoms with E-state index in [0.717, 1.165) is 45.2 Å². The summed E-state index contributed by atoms with van der Waals surface area (Å²) in [6.45, 7) is 1.45. The van der Waals surface area contributed by atoms with Crippen molar-refractivity contribution >= 4 is 35.0 Å². The maximum Gasteiger partial charge on any atom is 0.221 e. The Hall–Kier alpha value is -0.480. The first-order valence-electron chi connectivity index (χ1n) is 6.86. The molecule has 0 radical (unpaired) electrons. The van der Waals surface area contributed by atoms with Crippen LogP contribution in [0.3, 0.4) is 0 Å². The average Bonchev–Trinajstić information content (AvgIpc) is 2.37. The fraction of sp³-hybridized carbons (Fsp3) is 0.846. The molecule has 0 aromatic carbocycles. The van der Waals surface area contributed by atoms with Gasteiger partial charge >= 0.3 is 0 Å². The highest BCUT2D eigenvalue weighted by atomic mass is 35.5. The molecule has 0 fully saturated rings. The number of halogens is 2. The van der Waals surface area contributed by atoms with Gasteiger partial charge in [0.1, 0.15) is 0 Å². The van der Waals surface area contributed by atoms with Gasteiger partial charge in [-0.25, -0.2) is 0 Å². The molecular weight excluding hydrogens is 287 g/mol. The van der Waals surface area contributed by atoms with Crippen LogP contribution >= 0.6 is 23.2 Å². The maximum atomic E-state index is 11.1. The predicted octanol–water partition coefficient (Wildman–Crippen LogP) is 2.43. The lowest BCUT2D eigenvalue weighted by Crippen LogP contribution is -2.24. The molecule has 0 saturated carbocycles. The van der Waals surface area contributed by atoms with Gasteiger partial charge in [-0.15, -0.1) is 23.2 Å². The second-order valence-electron chi connectivity index (χ2n) is 4.35. The first kappa shape index (κ1) is 18.5. The van der Waals surface area contributed by atoms with Crippen LogP contribution in [0.4, 0.5) is 0 Å². The second-order valence-corrected chi connectivity index (χ2v) is 5.10. The van der Waals surface area contributed by atoms with Crippen molar-refractivity contribution in [2.24, 2.45) is 0 Å². The van der Waals surface area contributed by atoms with Crippen molar-refractivity contribution in [2.45, 2.75) is 44.9 Å². The highest BCUT2D eigenvalue weighted by Gasteiger charge is 1.99. The van der Waals surface area contributed by atoms with Gasteiger partial charge in [-0.1, -0.05) is 19.3 Å². The lowest BCUT2D eigenvalue weighted by molar-refractivity contribution is -0.121. The fourth-order valence-corrected chi connectivity index (χ4v) is 1.93. The summed E-state index contributed by atoms with van der Waals surface area (Å²) < 4.78 is 0. The molecule has 2 N–H and O–H groups in total. The van der Waals surface area contributed by atoms with Crippen LogP contribution < -0.4 is 10.6 Å². The third-order valence-corrected chi connectivity index (χ3v) is 3.02. The summed E-state index contributed by atoms with van der Waals surface area (Å²) in [4.78, 5) is 22.2. The quantitative estimate of drug-likeness (QED) is 0.429. The molecular formula is C13H24Cl2N2O2. The second kappa shape index (κ2) is 13.9. The first-order chi connectivity index (χ1) is 9.20. The number of rotatable bonds is 12. The highest BCUT2D eigenvalue weighted by Crippen LogP contribution is 2.01. The average molecular weight is 311 g/mol. The van der Waals surface area contributed by atoms with Gasteiger partial charge in [0.15, 0.2) is 0 Å². The number of nitrogens with one attached hydrogen (secondary N) is 2. The molecule has 112 valence electrons. The first-order valence-corrected chi connectivity index (χ1v) is 7.93. The van der Waals surface area contributed by atoms with Crippen molar-refractivity contribution in [1.29, 1.82) is 0 Å². The van der Waals surface area contributed by atoms with E-state index in [9.17, 15) is 9.59 Å². The molecule has 19 heavy (non-hydrogen) atoms. The molecule has 0 aliphatic carbocycles. The van der Waals surface area contributed by atoms with E-state index in [2.05, 4.69) is 10.6 Å². The number of amides is 2. The van der Waals surface area contributed by atoms with Crippen LogP contribution in [-0.2, 0) is 9.59 Å². The van der Waals surface area contributed by atoms with Gasteiger partial charge in [-0.05, 0) is 12.8 Å². The molecule has 0 spiro atoms. The monoisotopic (exact) mass is 310 g/mol. The van der Waals surface area contributed by atoms with Crippen LogP contribution in [0.25, 0.3) is 0 Å². The standard InChI is InChI=1S/C13H24Cl2N2O2/c14-8-6-12(18)16-10-4-2-1-3-5-11-17-13(19)7-9-15/h1-11H2,(H,16,18)(H,17,19). The van der Waals surface area contributed by atoms with Crippen molar-refractivity contribution < 1.29 is 9.59 Å². The number of alkyl halides is 2. The van der Waals surface area contributed by atoms with Gasteiger partial charge in [0.05, 0.1) is 0 Å². The van der Waals surface area contributed by atoms with Crippen LogP contribution in [0.15, 0.2) is 0 Å². The van der Waals surface area contributed by atoms with Crippen molar-refractivity contribution in [3.8, 4) is 0 Å². The van der Waals surface area contributed by atoms with Gasteiger partial charge in [-0.3, -0.25) is 9.59 Å². The maximum absolute atomic E-state index is 11.1. The molecule has 0 aromatic rings. The number of carbonyl (C=O) groups excluding carboxylic acids is 2. The molecule has 0 aliphatic heterocycles. The van der Waals surface area contributed by atoms with Gasteiger partial charge in [0.25, 0.3) is 0 Å². The minimum absolute atomic E-state index is 0.0250. The van der Waals surface area contributed by atoms with E-state index < -0.39 is 0 Å². The molecule has 0 aliphatic rings. The summed E-state index contributed by atoms with van der Waals surface area (Å²) in [7, 11) is 0. The van der Waals surface area contributed by atoms with Gasteiger partial charge in [0, 0.05) is 37.7 Å². The normalized spacial score (nSPS) is 10.2. The summed E-state index contributed by atoms with van der Waals surface area (Å²) in [5.74, 6) is 0.803. The van der Waals surface area contributed by atoms with E-state index in [1.54, 1.807) is 0 Å². The largest absolute Gasteiger partial charge is 0.356 e. The molecule has 6 heteroatoms. The Labute approximate surface area is 125 Å². The molecule has 0 unspecified atom stereocenters. The molecule has 4 nitrogen and oxygen atoms in total. The predicted molar refractivity (Wildman–Crippen MR) is 79.8 cm³/mol. The summed E-state index contributed by atoms with van der Waals surface area (Å²) >= 11 is 10.9. The van der Waals surface area contributed by atoms with Crippen molar-refractivity contribution in [1.82, 2.24) is 10.6 Å². The Bertz CT molecular complexity index is 227. The highest BCUT2D eigenvalue weighted by molar-refractivity contribution is 6.19. The van der Waals surface area contributed by atoms with Gasteiger partial charge in [0.2, 0.25) is 11.8 Å². The third kappa shape index (κ3) is 13.7. The fourth-order valence-electron chi connectivity index (χ4n) is 1.58. The Morgan fingerprint density at radius 3 is 1.42 bits per heavy atom. The van der Waals surface area contributed by atoms with Gasteiger partial charge in [-0.2, -0.15) is 0 Å². The Morgan fingerprint density at radius 2 is 1.05 bits per heavy atom. The SMILES string of the molecule is O=C(CCCl)NCCCCCCCNC(=O)CCCl. The van der Waals surface area contributed by atoms with Crippen LogP contribution in [0.2, 0.25) is 0 Å². The number of carbonyl (C=O) groups is 2. The molecule has 0 heterocycles. The van der Waals surface area contributed by atoms with Crippen molar-refractivity contribution in [2.75, 3.05) is 24.8 Å². The smallest absolute Gasteiger partial charge is 0.221 e. The summed E-state index contributed by atoms with van der Waals surface area (Å²) in [5.41, 5.74) is 0. The van der Waals surface area contributed by atoms with E-state index in [1.165, 1.54) is 0 Å². The van der Waals surface area contributed by atoms with E-state index in [0.29, 0.717) is 24.6 Å². The van der Waals surface area contributed by atoms with Crippen LogP contribution in [-0.4, -0.2) is 36.7 Å². The van der Waals surface area contributed by atoms with Crippen molar-refractivity contribution in [3.63, 3.8) is 0 Å². The lowest BCUT2D eigenvalue weighted by Gasteiger charge is -2.05. The Balaban J connectivity index is 3.15. The Kier molecular flexibility index (Phi) is 13.6. The van der Waals surface area contributed by atoms with E-state index in [4.69, 9.17) is 23.2 Å². The Morgan fingerprint density at radius 1 is 0.684 bits per heavy atom. The summed E-state index contributed by atoms with van der Waals surface area (Å²) in [6.07, 6.45) is 6.08. The van der Waals surface area contributed by atoms with Crippen LogP contribution in [0.5, 0.6) is 0 Å². The minimum Gasteiger partial charge on any atom is -0.356 e. The van der Waals surface area contributed by atoms with E-state index in [-0.39, 0.29) is 11.8 Å². The molecule has 0 rings (SSSR count). The van der Waals surface area contributed by atoms with E-state index in [1.807, 2.05) is 0 Å². The molecule has 0 atom stereocenters. The van der Waals surface area contributed by atoms with Crippen LogP contribution in [0, 0.1) is 0 Å². The molecule has 0 bridgehead atoms. The molecule has 0 saturated heterocycles. The number of hydrogen-bond acceptors (Lipinski definition) is 2. The van der Waals surface area contributed by atoms with Gasteiger partial charge < -0.3 is 10.6 Å². The summed E-state index contributed by atoms with van der Waals surface area (Å²) in [6, 6.07) is 0. The molecule has 2 amide bonds. The van der Waals surface area contributed by atoms with Crippen LogP contribution in [0.1, 0.15) is 44.9 Å². The lowest BCUT2D eigenvalue weighted by atomic mass is 10.1. The number of hydrogen-bond donors (Lipinski definition) is 2. The third-order valence-electron chi connectivity index (χ3n) is 2.64. The topological polar surface area (TPSA) is 58.2 Å². The zero-order chi connectivity index (χ0) is 14.3. The zero-order valence-electron chi connectivity index (χ0n) is 11.4.